The quantitative estimate of drug-likeness (QED) is 0.738. The molecule has 0 saturated carbocycles. The molecule has 0 aromatic heterocycles. The fourth-order valence-electron chi connectivity index (χ4n) is 1.15. The third-order valence-electron chi connectivity index (χ3n) is 1.94. The van der Waals surface area contributed by atoms with Crippen molar-refractivity contribution in [3.63, 3.8) is 0 Å². The van der Waals surface area contributed by atoms with Crippen LogP contribution in [0.4, 0.5) is 0 Å². The highest BCUT2D eigenvalue weighted by atomic mass is 16.4. The number of rotatable bonds is 2. The van der Waals surface area contributed by atoms with Crippen LogP contribution in [0.2, 0.25) is 0 Å². The van der Waals surface area contributed by atoms with Crippen LogP contribution in [0.5, 0.6) is 0 Å². The van der Waals surface area contributed by atoms with Crippen molar-refractivity contribution in [2.75, 3.05) is 0 Å². The Balaban J connectivity index is 2.94. The van der Waals surface area contributed by atoms with Crippen LogP contribution < -0.4 is 0 Å². The third kappa shape index (κ3) is 3.14. The first kappa shape index (κ1) is 11.8. The maximum absolute atomic E-state index is 10.7. The molecule has 0 spiro atoms. The van der Waals surface area contributed by atoms with Gasteiger partial charge in [0.25, 0.3) is 0 Å². The molecule has 0 fully saturated rings. The molecule has 1 aromatic rings. The van der Waals surface area contributed by atoms with Crippen molar-refractivity contribution in [3.8, 4) is 11.8 Å². The smallest absolute Gasteiger partial charge is 0.335 e. The van der Waals surface area contributed by atoms with Crippen LogP contribution in [0, 0.1) is 18.8 Å². The van der Waals surface area contributed by atoms with Gasteiger partial charge in [-0.2, -0.15) is 0 Å². The monoisotopic (exact) mass is 218 g/mol. The van der Waals surface area contributed by atoms with Gasteiger partial charge in [0.2, 0.25) is 0 Å². The Morgan fingerprint density at radius 2 is 2.00 bits per heavy atom. The van der Waals surface area contributed by atoms with Gasteiger partial charge in [-0.3, -0.25) is 4.79 Å². The van der Waals surface area contributed by atoms with Gasteiger partial charge in [-0.05, 0) is 30.7 Å². The number of aromatic carboxylic acids is 1. The molecule has 0 radical (unpaired) electrons. The molecule has 2 N–H and O–H groups in total. The standard InChI is InChI=1S/C12H10O4/c1-8-7-10(12(15)16)6-5-9(8)3-2-4-11(13)14/h5-7H,4H2,1H3,(H,13,14)(H,15,16). The average Bonchev–Trinajstić information content (AvgIpc) is 2.19. The van der Waals surface area contributed by atoms with Gasteiger partial charge < -0.3 is 10.2 Å². The van der Waals surface area contributed by atoms with Crippen molar-refractivity contribution in [3.05, 3.63) is 34.9 Å². The SMILES string of the molecule is Cc1cc(C(=O)O)ccc1C#CCC(=O)O. The third-order valence-corrected chi connectivity index (χ3v) is 1.94. The highest BCUT2D eigenvalue weighted by molar-refractivity contribution is 5.88. The molecule has 16 heavy (non-hydrogen) atoms. The maximum atomic E-state index is 10.7. The summed E-state index contributed by atoms with van der Waals surface area (Å²) in [4.78, 5) is 20.9. The van der Waals surface area contributed by atoms with Crippen molar-refractivity contribution in [2.45, 2.75) is 13.3 Å². The zero-order valence-corrected chi connectivity index (χ0v) is 8.65. The van der Waals surface area contributed by atoms with Crippen molar-refractivity contribution >= 4 is 11.9 Å². The van der Waals surface area contributed by atoms with Crippen LogP contribution >= 0.6 is 0 Å². The van der Waals surface area contributed by atoms with Gasteiger partial charge in [-0.15, -0.1) is 0 Å². The van der Waals surface area contributed by atoms with Crippen LogP contribution in [-0.2, 0) is 4.79 Å². The van der Waals surface area contributed by atoms with E-state index in [9.17, 15) is 9.59 Å². The minimum atomic E-state index is -0.992. The van der Waals surface area contributed by atoms with Crippen LogP contribution in [0.15, 0.2) is 18.2 Å². The van der Waals surface area contributed by atoms with Crippen LogP contribution in [0.1, 0.15) is 27.9 Å². The molecular formula is C12H10O4. The molecule has 4 nitrogen and oxygen atoms in total. The van der Waals surface area contributed by atoms with E-state index in [0.29, 0.717) is 5.56 Å². The van der Waals surface area contributed by atoms with E-state index in [2.05, 4.69) is 11.8 Å². The number of hydrogen-bond donors (Lipinski definition) is 2. The topological polar surface area (TPSA) is 74.6 Å². The summed E-state index contributed by atoms with van der Waals surface area (Å²) in [6.45, 7) is 1.73. The maximum Gasteiger partial charge on any atom is 0.335 e. The first-order chi connectivity index (χ1) is 7.50. The van der Waals surface area contributed by atoms with E-state index in [1.165, 1.54) is 12.1 Å². The van der Waals surface area contributed by atoms with Gasteiger partial charge in [-0.1, -0.05) is 11.8 Å². The lowest BCUT2D eigenvalue weighted by Crippen LogP contribution is -1.97. The second kappa shape index (κ2) is 4.99. The lowest BCUT2D eigenvalue weighted by molar-refractivity contribution is -0.135. The second-order valence-electron chi connectivity index (χ2n) is 3.21. The van der Waals surface area contributed by atoms with E-state index in [1.54, 1.807) is 13.0 Å². The molecule has 1 rings (SSSR count). The zero-order valence-electron chi connectivity index (χ0n) is 8.65. The summed E-state index contributed by atoms with van der Waals surface area (Å²) in [6, 6.07) is 4.53. The Hall–Kier alpha value is -2.28. The number of carboxylic acids is 2. The molecule has 0 heterocycles. The molecule has 0 unspecified atom stereocenters. The number of benzene rings is 1. The van der Waals surface area contributed by atoms with Crippen LogP contribution in [0.3, 0.4) is 0 Å². The van der Waals surface area contributed by atoms with Gasteiger partial charge in [-0.25, -0.2) is 4.79 Å². The van der Waals surface area contributed by atoms with Gasteiger partial charge in [0.1, 0.15) is 6.42 Å². The highest BCUT2D eigenvalue weighted by Gasteiger charge is 2.03. The fourth-order valence-corrected chi connectivity index (χ4v) is 1.15. The molecule has 0 aliphatic heterocycles. The molecule has 1 aromatic carbocycles. The van der Waals surface area contributed by atoms with E-state index in [1.807, 2.05) is 0 Å². The lowest BCUT2D eigenvalue weighted by Gasteiger charge is -1.99. The molecule has 0 bridgehead atoms. The second-order valence-corrected chi connectivity index (χ2v) is 3.21. The van der Waals surface area contributed by atoms with Gasteiger partial charge in [0.15, 0.2) is 0 Å². The summed E-state index contributed by atoms with van der Waals surface area (Å²) in [6.07, 6.45) is -0.222. The molecule has 0 aliphatic carbocycles. The van der Waals surface area contributed by atoms with E-state index in [0.717, 1.165) is 5.56 Å². The summed E-state index contributed by atoms with van der Waals surface area (Å²) < 4.78 is 0. The predicted octanol–water partition coefficient (Wildman–Crippen LogP) is 1.52. The zero-order chi connectivity index (χ0) is 12.1. The molecular weight excluding hydrogens is 208 g/mol. The largest absolute Gasteiger partial charge is 0.481 e. The Morgan fingerprint density at radius 1 is 1.31 bits per heavy atom. The van der Waals surface area contributed by atoms with Crippen molar-refractivity contribution in [1.82, 2.24) is 0 Å². The minimum Gasteiger partial charge on any atom is -0.481 e. The van der Waals surface area contributed by atoms with Crippen LogP contribution in [-0.4, -0.2) is 22.2 Å². The molecule has 82 valence electrons. The van der Waals surface area contributed by atoms with Crippen LogP contribution in [0.25, 0.3) is 0 Å². The Morgan fingerprint density at radius 3 is 2.50 bits per heavy atom. The molecule has 0 aliphatic rings. The first-order valence-corrected chi connectivity index (χ1v) is 4.55. The van der Waals surface area contributed by atoms with Crippen molar-refractivity contribution in [2.24, 2.45) is 0 Å². The number of aryl methyl sites for hydroxylation is 1. The lowest BCUT2D eigenvalue weighted by atomic mass is 10.1. The fraction of sp³-hybridized carbons (Fsp3) is 0.167. The summed E-state index contributed by atoms with van der Waals surface area (Å²) in [7, 11) is 0. The number of carboxylic acid groups (broad SMARTS) is 2. The molecule has 4 heteroatoms. The minimum absolute atomic E-state index is 0.196. The number of hydrogen-bond acceptors (Lipinski definition) is 2. The molecule has 0 amide bonds. The van der Waals surface area contributed by atoms with Gasteiger partial charge in [0.05, 0.1) is 5.56 Å². The van der Waals surface area contributed by atoms with Gasteiger partial charge >= 0.3 is 11.9 Å². The summed E-state index contributed by atoms with van der Waals surface area (Å²) in [5.41, 5.74) is 1.56. The van der Waals surface area contributed by atoms with Crippen molar-refractivity contribution < 1.29 is 19.8 Å². The first-order valence-electron chi connectivity index (χ1n) is 4.55. The van der Waals surface area contributed by atoms with E-state index >= 15 is 0 Å². The van der Waals surface area contributed by atoms with Crippen molar-refractivity contribution in [1.29, 1.82) is 0 Å². The average molecular weight is 218 g/mol. The normalized spacial score (nSPS) is 9.06. The van der Waals surface area contributed by atoms with E-state index < -0.39 is 11.9 Å². The number of carbonyl (C=O) groups is 2. The Kier molecular flexibility index (Phi) is 3.67. The van der Waals surface area contributed by atoms with E-state index in [-0.39, 0.29) is 12.0 Å². The summed E-state index contributed by atoms with van der Waals surface area (Å²) >= 11 is 0. The Bertz CT molecular complexity index is 491. The molecule has 0 atom stereocenters. The van der Waals surface area contributed by atoms with Gasteiger partial charge in [0, 0.05) is 5.56 Å². The Labute approximate surface area is 92.5 Å². The highest BCUT2D eigenvalue weighted by Crippen LogP contribution is 2.10. The predicted molar refractivity (Wildman–Crippen MR) is 57.3 cm³/mol. The number of aliphatic carboxylic acids is 1. The summed E-state index contributed by atoms with van der Waals surface area (Å²) in [5, 5.41) is 17.1. The molecule has 0 saturated heterocycles. The van der Waals surface area contributed by atoms with E-state index in [4.69, 9.17) is 10.2 Å². The summed E-state index contributed by atoms with van der Waals surface area (Å²) in [5.74, 6) is 3.21.